The molecule has 14 heavy (non-hydrogen) atoms. The van der Waals surface area contributed by atoms with Gasteiger partial charge in [0.05, 0.1) is 13.5 Å². The number of carbonyl (C=O) groups is 1. The summed E-state index contributed by atoms with van der Waals surface area (Å²) in [7, 11) is 1.44. The van der Waals surface area contributed by atoms with E-state index in [0.29, 0.717) is 6.42 Å². The summed E-state index contributed by atoms with van der Waals surface area (Å²) in [5.74, 6) is 2.04. The van der Waals surface area contributed by atoms with Crippen molar-refractivity contribution in [3.63, 3.8) is 0 Å². The van der Waals surface area contributed by atoms with Gasteiger partial charge in [0.25, 0.3) is 0 Å². The van der Waals surface area contributed by atoms with Crippen LogP contribution in [0.4, 0.5) is 0 Å². The van der Waals surface area contributed by atoms with E-state index in [9.17, 15) is 4.79 Å². The molecule has 4 heteroatoms. The normalized spacial score (nSPS) is 29.6. The Hall–Kier alpha value is -0.220. The van der Waals surface area contributed by atoms with E-state index in [0.717, 1.165) is 18.6 Å². The van der Waals surface area contributed by atoms with Crippen molar-refractivity contribution in [2.45, 2.75) is 32.2 Å². The van der Waals surface area contributed by atoms with Gasteiger partial charge in [0.2, 0.25) is 0 Å². The first-order chi connectivity index (χ1) is 6.60. The van der Waals surface area contributed by atoms with Gasteiger partial charge in [-0.3, -0.25) is 4.79 Å². The minimum atomic E-state index is -0.134. The minimum Gasteiger partial charge on any atom is -0.469 e. The van der Waals surface area contributed by atoms with Crippen molar-refractivity contribution >= 4 is 17.7 Å². The SMILES string of the molecule is COC(=O)CC1(C(C)N)CCCSC1. The highest BCUT2D eigenvalue weighted by Gasteiger charge is 2.38. The molecule has 0 amide bonds. The van der Waals surface area contributed by atoms with E-state index in [-0.39, 0.29) is 17.4 Å². The molecule has 0 aromatic heterocycles. The van der Waals surface area contributed by atoms with E-state index < -0.39 is 0 Å². The molecule has 1 aliphatic heterocycles. The van der Waals surface area contributed by atoms with Gasteiger partial charge in [-0.1, -0.05) is 0 Å². The number of hydrogen-bond acceptors (Lipinski definition) is 4. The zero-order chi connectivity index (χ0) is 10.6. The fraction of sp³-hybridized carbons (Fsp3) is 0.900. The van der Waals surface area contributed by atoms with Gasteiger partial charge in [0.1, 0.15) is 0 Å². The van der Waals surface area contributed by atoms with Crippen LogP contribution in [-0.2, 0) is 9.53 Å². The van der Waals surface area contributed by atoms with Crippen molar-refractivity contribution in [3.05, 3.63) is 0 Å². The van der Waals surface area contributed by atoms with Gasteiger partial charge in [0, 0.05) is 17.2 Å². The first kappa shape index (κ1) is 11.9. The maximum Gasteiger partial charge on any atom is 0.306 e. The monoisotopic (exact) mass is 217 g/mol. The highest BCUT2D eigenvalue weighted by atomic mass is 32.2. The number of ether oxygens (including phenoxy) is 1. The van der Waals surface area contributed by atoms with Crippen LogP contribution in [0.2, 0.25) is 0 Å². The third kappa shape index (κ3) is 2.64. The first-order valence-corrected chi connectivity index (χ1v) is 6.16. The smallest absolute Gasteiger partial charge is 0.306 e. The Kier molecular flexibility index (Phi) is 4.26. The van der Waals surface area contributed by atoms with Crippen LogP contribution in [0.1, 0.15) is 26.2 Å². The molecule has 2 N–H and O–H groups in total. The molecule has 2 atom stereocenters. The molecule has 1 heterocycles. The second-order valence-corrected chi connectivity index (χ2v) is 5.17. The predicted octanol–water partition coefficient (Wildman–Crippen LogP) is 1.41. The Morgan fingerprint density at radius 1 is 1.71 bits per heavy atom. The van der Waals surface area contributed by atoms with E-state index in [1.54, 1.807) is 0 Å². The number of methoxy groups -OCH3 is 1. The van der Waals surface area contributed by atoms with Crippen LogP contribution in [0, 0.1) is 5.41 Å². The first-order valence-electron chi connectivity index (χ1n) is 5.01. The zero-order valence-corrected chi connectivity index (χ0v) is 9.73. The van der Waals surface area contributed by atoms with Crippen LogP contribution in [0.25, 0.3) is 0 Å². The largest absolute Gasteiger partial charge is 0.469 e. The van der Waals surface area contributed by atoms with Crippen molar-refractivity contribution < 1.29 is 9.53 Å². The average Bonchev–Trinajstić information content (AvgIpc) is 2.19. The predicted molar refractivity (Wildman–Crippen MR) is 59.3 cm³/mol. The number of hydrogen-bond donors (Lipinski definition) is 1. The summed E-state index contributed by atoms with van der Waals surface area (Å²) in [6.45, 7) is 1.99. The third-order valence-electron chi connectivity index (χ3n) is 3.04. The molecule has 82 valence electrons. The molecule has 0 aromatic carbocycles. The maximum absolute atomic E-state index is 11.3. The Labute approximate surface area is 89.8 Å². The number of nitrogens with two attached hydrogens (primary N) is 1. The van der Waals surface area contributed by atoms with E-state index in [1.807, 2.05) is 18.7 Å². The van der Waals surface area contributed by atoms with E-state index >= 15 is 0 Å². The topological polar surface area (TPSA) is 52.3 Å². The summed E-state index contributed by atoms with van der Waals surface area (Å²) < 4.78 is 4.72. The fourth-order valence-corrected chi connectivity index (χ4v) is 3.30. The molecule has 0 aromatic rings. The number of rotatable bonds is 3. The number of esters is 1. The Bertz CT molecular complexity index is 200. The molecular weight excluding hydrogens is 198 g/mol. The summed E-state index contributed by atoms with van der Waals surface area (Å²) in [5.41, 5.74) is 5.95. The zero-order valence-electron chi connectivity index (χ0n) is 8.91. The lowest BCUT2D eigenvalue weighted by atomic mass is 9.76. The van der Waals surface area contributed by atoms with E-state index in [2.05, 4.69) is 0 Å². The minimum absolute atomic E-state index is 0.0317. The Balaban J connectivity index is 2.65. The summed E-state index contributed by atoms with van der Waals surface area (Å²) >= 11 is 1.89. The Morgan fingerprint density at radius 3 is 2.86 bits per heavy atom. The molecule has 1 rings (SSSR count). The summed E-state index contributed by atoms with van der Waals surface area (Å²) in [5, 5.41) is 0. The molecule has 1 saturated heterocycles. The van der Waals surface area contributed by atoms with Crippen molar-refractivity contribution in [3.8, 4) is 0 Å². The Morgan fingerprint density at radius 2 is 2.43 bits per heavy atom. The number of carbonyl (C=O) groups excluding carboxylic acids is 1. The molecule has 1 aliphatic rings. The van der Waals surface area contributed by atoms with Gasteiger partial charge in [0.15, 0.2) is 0 Å². The average molecular weight is 217 g/mol. The second kappa shape index (κ2) is 5.03. The van der Waals surface area contributed by atoms with E-state index in [4.69, 9.17) is 10.5 Å². The number of thioether (sulfide) groups is 1. The van der Waals surface area contributed by atoms with Gasteiger partial charge >= 0.3 is 5.97 Å². The maximum atomic E-state index is 11.3. The van der Waals surface area contributed by atoms with Crippen molar-refractivity contribution in [1.29, 1.82) is 0 Å². The molecule has 0 saturated carbocycles. The van der Waals surface area contributed by atoms with Crippen molar-refractivity contribution in [1.82, 2.24) is 0 Å². The molecule has 0 radical (unpaired) electrons. The van der Waals surface area contributed by atoms with Crippen LogP contribution in [0.15, 0.2) is 0 Å². The van der Waals surface area contributed by atoms with Gasteiger partial charge in [-0.15, -0.1) is 0 Å². The summed E-state index contributed by atoms with van der Waals surface area (Å²) in [6.07, 6.45) is 2.67. The molecular formula is C10H19NO2S. The lowest BCUT2D eigenvalue weighted by molar-refractivity contribution is -0.143. The van der Waals surface area contributed by atoms with Crippen LogP contribution >= 0.6 is 11.8 Å². The van der Waals surface area contributed by atoms with Crippen molar-refractivity contribution in [2.75, 3.05) is 18.6 Å². The fourth-order valence-electron chi connectivity index (χ4n) is 1.89. The van der Waals surface area contributed by atoms with Crippen molar-refractivity contribution in [2.24, 2.45) is 11.1 Å². The van der Waals surface area contributed by atoms with Gasteiger partial charge in [-0.05, 0) is 25.5 Å². The molecule has 3 nitrogen and oxygen atoms in total. The summed E-state index contributed by atoms with van der Waals surface area (Å²) in [6, 6.07) is 0.0643. The quantitative estimate of drug-likeness (QED) is 0.726. The molecule has 0 spiro atoms. The molecule has 2 unspecified atom stereocenters. The van der Waals surface area contributed by atoms with Crippen LogP contribution in [-0.4, -0.2) is 30.6 Å². The van der Waals surface area contributed by atoms with Crippen LogP contribution < -0.4 is 5.73 Å². The lowest BCUT2D eigenvalue weighted by Gasteiger charge is -2.39. The third-order valence-corrected chi connectivity index (χ3v) is 4.40. The highest BCUT2D eigenvalue weighted by molar-refractivity contribution is 7.99. The van der Waals surface area contributed by atoms with Crippen LogP contribution in [0.3, 0.4) is 0 Å². The van der Waals surface area contributed by atoms with Gasteiger partial charge in [-0.25, -0.2) is 0 Å². The highest BCUT2D eigenvalue weighted by Crippen LogP contribution is 2.39. The molecule has 0 bridgehead atoms. The van der Waals surface area contributed by atoms with Gasteiger partial charge < -0.3 is 10.5 Å². The van der Waals surface area contributed by atoms with Crippen LogP contribution in [0.5, 0.6) is 0 Å². The lowest BCUT2D eigenvalue weighted by Crippen LogP contribution is -2.45. The second-order valence-electron chi connectivity index (χ2n) is 4.06. The van der Waals surface area contributed by atoms with Gasteiger partial charge in [-0.2, -0.15) is 11.8 Å². The van der Waals surface area contributed by atoms with E-state index in [1.165, 1.54) is 12.9 Å². The summed E-state index contributed by atoms with van der Waals surface area (Å²) in [4.78, 5) is 11.3. The standard InChI is InChI=1S/C10H19NO2S/c1-8(11)10(6-9(12)13-2)4-3-5-14-7-10/h8H,3-7,11H2,1-2H3. The molecule has 1 fully saturated rings. The molecule has 0 aliphatic carbocycles.